The summed E-state index contributed by atoms with van der Waals surface area (Å²) in [7, 11) is 0. The predicted octanol–water partition coefficient (Wildman–Crippen LogP) is 4.79. The lowest BCUT2D eigenvalue weighted by molar-refractivity contribution is -0.138. The number of carboxylic acid groups (broad SMARTS) is 1. The van der Waals surface area contributed by atoms with E-state index < -0.39 is 23.6 Å². The van der Waals surface area contributed by atoms with Gasteiger partial charge in [-0.2, -0.15) is 0 Å². The minimum atomic E-state index is -1.25. The molecule has 0 bridgehead atoms. The van der Waals surface area contributed by atoms with Crippen molar-refractivity contribution in [2.75, 3.05) is 19.7 Å². The molecule has 3 aromatic carbocycles. The molecule has 5 rings (SSSR count). The smallest absolute Gasteiger partial charge is 0.408 e. The molecule has 3 aromatic rings. The Bertz CT molecular complexity index is 1360. The lowest BCUT2D eigenvalue weighted by Crippen LogP contribution is -2.62. The summed E-state index contributed by atoms with van der Waals surface area (Å²) >= 11 is 0. The summed E-state index contributed by atoms with van der Waals surface area (Å²) in [6.07, 6.45) is -0.478. The van der Waals surface area contributed by atoms with Crippen LogP contribution in [0.2, 0.25) is 0 Å². The Hall–Kier alpha value is -4.17. The zero-order chi connectivity index (χ0) is 29.0. The number of nitrogens with zero attached hydrogens (tertiary/aromatic N) is 1. The third-order valence-corrected chi connectivity index (χ3v) is 8.23. The number of aliphatic carboxylic acids is 1. The number of benzene rings is 3. The molecule has 1 heterocycles. The number of hydrogen-bond donors (Lipinski definition) is 3. The number of likely N-dealkylation sites (tertiary alicyclic amines) is 1. The molecule has 2 amide bonds. The Morgan fingerprint density at radius 2 is 1.56 bits per heavy atom. The molecular weight excluding hydrogens is 518 g/mol. The van der Waals surface area contributed by atoms with Crippen molar-refractivity contribution >= 4 is 18.0 Å². The first-order valence-electron chi connectivity index (χ1n) is 14.2. The van der Waals surface area contributed by atoms with Gasteiger partial charge in [-0.3, -0.25) is 14.5 Å². The number of ether oxygens (including phenoxy) is 1. The maximum atomic E-state index is 13.8. The van der Waals surface area contributed by atoms with Gasteiger partial charge >= 0.3 is 12.1 Å². The summed E-state index contributed by atoms with van der Waals surface area (Å²) < 4.78 is 5.80. The molecule has 1 unspecified atom stereocenters. The van der Waals surface area contributed by atoms with Crippen LogP contribution >= 0.6 is 0 Å². The molecule has 3 N–H and O–H groups in total. The molecule has 1 aliphatic carbocycles. The van der Waals surface area contributed by atoms with Crippen LogP contribution in [0.15, 0.2) is 78.9 Å². The van der Waals surface area contributed by atoms with Crippen molar-refractivity contribution in [2.45, 2.75) is 50.7 Å². The average molecular weight is 556 g/mol. The Morgan fingerprint density at radius 3 is 2.17 bits per heavy atom. The fraction of sp³-hybridized carbons (Fsp3) is 0.364. The fourth-order valence-electron chi connectivity index (χ4n) is 5.99. The van der Waals surface area contributed by atoms with E-state index in [9.17, 15) is 19.5 Å². The molecule has 41 heavy (non-hydrogen) atoms. The summed E-state index contributed by atoms with van der Waals surface area (Å²) in [4.78, 5) is 40.7. The first-order chi connectivity index (χ1) is 19.8. The highest BCUT2D eigenvalue weighted by atomic mass is 16.5. The quantitative estimate of drug-likeness (QED) is 0.332. The number of amides is 2. The summed E-state index contributed by atoms with van der Waals surface area (Å²) in [6, 6.07) is 25.6. The van der Waals surface area contributed by atoms with Gasteiger partial charge in [0.2, 0.25) is 5.91 Å². The van der Waals surface area contributed by atoms with Gasteiger partial charge < -0.3 is 20.5 Å². The predicted molar refractivity (Wildman–Crippen MR) is 156 cm³/mol. The highest BCUT2D eigenvalue weighted by molar-refractivity contribution is 5.91. The molecule has 1 saturated heterocycles. The highest BCUT2D eigenvalue weighted by Gasteiger charge is 2.47. The first-order valence-corrected chi connectivity index (χ1v) is 14.2. The van der Waals surface area contributed by atoms with Gasteiger partial charge in [0.1, 0.15) is 12.1 Å². The second-order valence-electron chi connectivity index (χ2n) is 11.4. The lowest BCUT2D eigenvalue weighted by atomic mass is 9.94. The van der Waals surface area contributed by atoms with E-state index in [-0.39, 0.29) is 37.3 Å². The van der Waals surface area contributed by atoms with Crippen molar-refractivity contribution in [3.8, 4) is 11.1 Å². The average Bonchev–Trinajstić information content (AvgIpc) is 3.51. The van der Waals surface area contributed by atoms with Gasteiger partial charge in [0.15, 0.2) is 0 Å². The van der Waals surface area contributed by atoms with Gasteiger partial charge in [-0.1, -0.05) is 92.7 Å². The van der Waals surface area contributed by atoms with Crippen molar-refractivity contribution in [3.63, 3.8) is 0 Å². The van der Waals surface area contributed by atoms with Crippen LogP contribution in [0.5, 0.6) is 0 Å². The number of carboxylic acids is 1. The molecule has 2 aliphatic rings. The number of carbonyl (C=O) groups excluding carboxylic acids is 2. The summed E-state index contributed by atoms with van der Waals surface area (Å²) in [6.45, 7) is 5.39. The Balaban J connectivity index is 1.32. The third-order valence-electron chi connectivity index (χ3n) is 8.23. The zero-order valence-electron chi connectivity index (χ0n) is 23.5. The van der Waals surface area contributed by atoms with E-state index in [2.05, 4.69) is 39.8 Å². The summed E-state index contributed by atoms with van der Waals surface area (Å²) in [5.41, 5.74) is 4.35. The van der Waals surface area contributed by atoms with Crippen LogP contribution in [0.25, 0.3) is 11.1 Å². The highest BCUT2D eigenvalue weighted by Crippen LogP contribution is 2.44. The van der Waals surface area contributed by atoms with Gasteiger partial charge in [0, 0.05) is 31.6 Å². The van der Waals surface area contributed by atoms with Crippen LogP contribution in [0.1, 0.15) is 49.3 Å². The standard InChI is InChI=1S/C33H37N3O5/c1-22(2)29(18-30(37)38)34-31(39)33(16-17-36(21-33)19-23-10-4-3-5-11-23)35-32(40)41-20-28-26-14-8-6-12-24(26)25-13-7-9-15-27(25)28/h3-15,22,28-29H,16-21H2,1-2H3,(H,34,39)(H,35,40)(H,37,38)/t29-,33?/m1/s1. The second kappa shape index (κ2) is 12.1. The largest absolute Gasteiger partial charge is 0.481 e. The topological polar surface area (TPSA) is 108 Å². The van der Waals surface area contributed by atoms with Crippen LogP contribution in [0.4, 0.5) is 4.79 Å². The molecule has 1 fully saturated rings. The fourth-order valence-corrected chi connectivity index (χ4v) is 5.99. The molecule has 1 aliphatic heterocycles. The SMILES string of the molecule is CC(C)[C@@H](CC(=O)O)NC(=O)C1(NC(=O)OCC2c3ccccc3-c3ccccc32)CCN(Cc2ccccc2)C1. The van der Waals surface area contributed by atoms with Gasteiger partial charge in [-0.15, -0.1) is 0 Å². The minimum absolute atomic E-state index is 0.0941. The van der Waals surface area contributed by atoms with Crippen LogP contribution in [0, 0.1) is 5.92 Å². The van der Waals surface area contributed by atoms with Crippen molar-refractivity contribution in [1.29, 1.82) is 0 Å². The van der Waals surface area contributed by atoms with Crippen LogP contribution < -0.4 is 10.6 Å². The van der Waals surface area contributed by atoms with Gasteiger partial charge in [0.05, 0.1) is 6.42 Å². The lowest BCUT2D eigenvalue weighted by Gasteiger charge is -2.32. The maximum Gasteiger partial charge on any atom is 0.408 e. The van der Waals surface area contributed by atoms with E-state index in [0.29, 0.717) is 19.5 Å². The summed E-state index contributed by atoms with van der Waals surface area (Å²) in [5, 5.41) is 15.2. The number of rotatable bonds is 10. The summed E-state index contributed by atoms with van der Waals surface area (Å²) in [5.74, 6) is -1.57. The van der Waals surface area contributed by atoms with Crippen molar-refractivity contribution < 1.29 is 24.2 Å². The normalized spacial score (nSPS) is 18.9. The van der Waals surface area contributed by atoms with Crippen molar-refractivity contribution in [3.05, 3.63) is 95.6 Å². The Labute approximate surface area is 240 Å². The first kappa shape index (κ1) is 28.4. The second-order valence-corrected chi connectivity index (χ2v) is 11.4. The molecule has 0 aromatic heterocycles. The molecule has 8 nitrogen and oxygen atoms in total. The number of hydrogen-bond acceptors (Lipinski definition) is 5. The monoisotopic (exact) mass is 555 g/mol. The van der Waals surface area contributed by atoms with Gasteiger partial charge in [-0.25, -0.2) is 4.79 Å². The molecular formula is C33H37N3O5. The number of fused-ring (bicyclic) bond motifs is 3. The Kier molecular flexibility index (Phi) is 8.40. The van der Waals surface area contributed by atoms with Crippen LogP contribution in [-0.2, 0) is 20.9 Å². The number of nitrogens with one attached hydrogen (secondary N) is 2. The Morgan fingerprint density at radius 1 is 0.951 bits per heavy atom. The number of alkyl carbamates (subject to hydrolysis) is 1. The minimum Gasteiger partial charge on any atom is -0.481 e. The zero-order valence-corrected chi connectivity index (χ0v) is 23.5. The molecule has 8 heteroatoms. The van der Waals surface area contributed by atoms with Crippen LogP contribution in [0.3, 0.4) is 0 Å². The van der Waals surface area contributed by atoms with Gasteiger partial charge in [0.25, 0.3) is 0 Å². The number of carbonyl (C=O) groups is 3. The molecule has 214 valence electrons. The molecule has 0 spiro atoms. The van der Waals surface area contributed by atoms with E-state index in [1.165, 1.54) is 0 Å². The van der Waals surface area contributed by atoms with E-state index in [1.54, 1.807) is 0 Å². The van der Waals surface area contributed by atoms with E-state index in [1.807, 2.05) is 68.4 Å². The van der Waals surface area contributed by atoms with E-state index in [0.717, 1.165) is 27.8 Å². The van der Waals surface area contributed by atoms with Crippen molar-refractivity contribution in [2.24, 2.45) is 5.92 Å². The van der Waals surface area contributed by atoms with Crippen LogP contribution in [-0.4, -0.2) is 59.3 Å². The third kappa shape index (κ3) is 6.28. The van der Waals surface area contributed by atoms with Crippen molar-refractivity contribution in [1.82, 2.24) is 15.5 Å². The molecule has 0 saturated carbocycles. The van der Waals surface area contributed by atoms with E-state index >= 15 is 0 Å². The van der Waals surface area contributed by atoms with E-state index in [4.69, 9.17) is 4.74 Å². The molecule has 0 radical (unpaired) electrons. The van der Waals surface area contributed by atoms with Gasteiger partial charge in [-0.05, 0) is 40.2 Å². The molecule has 2 atom stereocenters. The maximum absolute atomic E-state index is 13.8.